The molecule has 1 saturated carbocycles. The second kappa shape index (κ2) is 11.5. The second-order valence-electron chi connectivity index (χ2n) is 6.85. The second-order valence-corrected chi connectivity index (χ2v) is 6.85. The van der Waals surface area contributed by atoms with Crippen LogP contribution in [-0.4, -0.2) is 30.4 Å². The van der Waals surface area contributed by atoms with Crippen molar-refractivity contribution < 1.29 is 19.4 Å². The first-order valence-corrected chi connectivity index (χ1v) is 9.53. The summed E-state index contributed by atoms with van der Waals surface area (Å²) in [5.41, 5.74) is 0.852. The molecule has 142 valence electrons. The Morgan fingerprint density at radius 2 is 1.88 bits per heavy atom. The van der Waals surface area contributed by atoms with Gasteiger partial charge in [0.05, 0.1) is 12.7 Å². The van der Waals surface area contributed by atoms with E-state index < -0.39 is 5.97 Å². The highest BCUT2D eigenvalue weighted by Gasteiger charge is 2.22. The van der Waals surface area contributed by atoms with Crippen LogP contribution in [0.15, 0.2) is 43.0 Å². The van der Waals surface area contributed by atoms with Gasteiger partial charge < -0.3 is 14.6 Å². The van der Waals surface area contributed by atoms with Gasteiger partial charge in [-0.15, -0.1) is 6.58 Å². The van der Waals surface area contributed by atoms with Crippen LogP contribution in [0.5, 0.6) is 5.75 Å². The fourth-order valence-corrected chi connectivity index (χ4v) is 3.16. The maximum absolute atomic E-state index is 10.5. The molecule has 1 aliphatic carbocycles. The molecule has 0 aliphatic heterocycles. The number of benzene rings is 1. The fourth-order valence-electron chi connectivity index (χ4n) is 3.16. The Labute approximate surface area is 156 Å². The maximum atomic E-state index is 10.5. The van der Waals surface area contributed by atoms with Crippen LogP contribution < -0.4 is 4.74 Å². The summed E-state index contributed by atoms with van der Waals surface area (Å²) < 4.78 is 11.9. The van der Waals surface area contributed by atoms with Gasteiger partial charge in [-0.25, -0.2) is 4.79 Å². The van der Waals surface area contributed by atoms with E-state index in [9.17, 15) is 4.79 Å². The van der Waals surface area contributed by atoms with E-state index >= 15 is 0 Å². The Morgan fingerprint density at radius 1 is 1.15 bits per heavy atom. The molecule has 0 spiro atoms. The predicted octanol–water partition coefficient (Wildman–Crippen LogP) is 5.09. The molecule has 26 heavy (non-hydrogen) atoms. The molecule has 0 atom stereocenters. The van der Waals surface area contributed by atoms with Crippen molar-refractivity contribution in [3.8, 4) is 5.75 Å². The van der Waals surface area contributed by atoms with E-state index in [1.165, 1.54) is 0 Å². The zero-order chi connectivity index (χ0) is 18.6. The summed E-state index contributed by atoms with van der Waals surface area (Å²) in [4.78, 5) is 10.5. The molecule has 0 saturated heterocycles. The molecule has 2 rings (SSSR count). The van der Waals surface area contributed by atoms with Gasteiger partial charge in [-0.05, 0) is 74.6 Å². The number of carboxylic acids is 1. The van der Waals surface area contributed by atoms with Crippen molar-refractivity contribution in [1.82, 2.24) is 0 Å². The van der Waals surface area contributed by atoms with Gasteiger partial charge in [-0.1, -0.05) is 18.2 Å². The summed E-state index contributed by atoms with van der Waals surface area (Å²) in [6, 6.07) is 7.51. The summed E-state index contributed by atoms with van der Waals surface area (Å²) in [6.45, 7) is 5.33. The van der Waals surface area contributed by atoms with E-state index in [0.717, 1.165) is 75.5 Å². The van der Waals surface area contributed by atoms with Gasteiger partial charge in [0.25, 0.3) is 0 Å². The van der Waals surface area contributed by atoms with E-state index in [4.69, 9.17) is 14.6 Å². The van der Waals surface area contributed by atoms with Crippen LogP contribution in [0, 0.1) is 5.92 Å². The zero-order valence-electron chi connectivity index (χ0n) is 15.4. The minimum Gasteiger partial charge on any atom is -0.493 e. The van der Waals surface area contributed by atoms with Crippen molar-refractivity contribution in [2.24, 2.45) is 5.92 Å². The van der Waals surface area contributed by atoms with E-state index in [1.807, 2.05) is 30.3 Å². The van der Waals surface area contributed by atoms with Gasteiger partial charge >= 0.3 is 5.97 Å². The minimum atomic E-state index is -0.943. The van der Waals surface area contributed by atoms with Crippen LogP contribution in [0.1, 0.15) is 50.5 Å². The molecule has 1 N–H and O–H groups in total. The van der Waals surface area contributed by atoms with Gasteiger partial charge in [-0.2, -0.15) is 0 Å². The first-order chi connectivity index (χ1) is 12.7. The van der Waals surface area contributed by atoms with E-state index in [0.29, 0.717) is 12.0 Å². The standard InChI is InChI=1S/C22H30O4/c1-2-3-4-5-16-25-20-13-8-19(9-14-20)17-26-21-11-6-18(7-12-21)10-15-22(23)24/h2,6-7,10-12,15,19-20H,1,3-5,8-9,13-14,16-17H2,(H,23,24)/b15-10+. The molecule has 0 bridgehead atoms. The number of carbonyl (C=O) groups is 1. The van der Waals surface area contributed by atoms with Gasteiger partial charge in [0, 0.05) is 12.7 Å². The Balaban J connectivity index is 1.62. The molecule has 1 fully saturated rings. The molecule has 1 aromatic carbocycles. The summed E-state index contributed by atoms with van der Waals surface area (Å²) in [7, 11) is 0. The Morgan fingerprint density at radius 3 is 2.54 bits per heavy atom. The highest BCUT2D eigenvalue weighted by Crippen LogP contribution is 2.27. The van der Waals surface area contributed by atoms with Crippen LogP contribution >= 0.6 is 0 Å². The third-order valence-corrected chi connectivity index (χ3v) is 4.73. The number of rotatable bonds is 11. The summed E-state index contributed by atoms with van der Waals surface area (Å²) in [5, 5.41) is 8.63. The Kier molecular flexibility index (Phi) is 8.98. The lowest BCUT2D eigenvalue weighted by Gasteiger charge is -2.28. The van der Waals surface area contributed by atoms with Gasteiger partial charge in [0.1, 0.15) is 5.75 Å². The summed E-state index contributed by atoms with van der Waals surface area (Å²) >= 11 is 0. The molecule has 4 heteroatoms. The van der Waals surface area contributed by atoms with Gasteiger partial charge in [-0.3, -0.25) is 0 Å². The molecule has 0 aromatic heterocycles. The Bertz CT molecular complexity index is 568. The highest BCUT2D eigenvalue weighted by molar-refractivity contribution is 5.85. The number of aliphatic carboxylic acids is 1. The molecule has 1 aliphatic rings. The monoisotopic (exact) mass is 358 g/mol. The lowest BCUT2D eigenvalue weighted by Crippen LogP contribution is -2.25. The molecule has 1 aromatic rings. The third-order valence-electron chi connectivity index (χ3n) is 4.73. The number of carboxylic acid groups (broad SMARTS) is 1. The van der Waals surface area contributed by atoms with Crippen molar-refractivity contribution in [2.75, 3.05) is 13.2 Å². The largest absolute Gasteiger partial charge is 0.493 e. The lowest BCUT2D eigenvalue weighted by molar-refractivity contribution is -0.131. The van der Waals surface area contributed by atoms with E-state index in [2.05, 4.69) is 6.58 Å². The third kappa shape index (κ3) is 7.87. The van der Waals surface area contributed by atoms with Crippen molar-refractivity contribution in [3.05, 3.63) is 48.6 Å². The summed E-state index contributed by atoms with van der Waals surface area (Å²) in [6.07, 6.45) is 13.0. The maximum Gasteiger partial charge on any atom is 0.328 e. The van der Waals surface area contributed by atoms with Crippen molar-refractivity contribution in [3.63, 3.8) is 0 Å². The smallest absolute Gasteiger partial charge is 0.328 e. The molecule has 0 heterocycles. The average Bonchev–Trinajstić information content (AvgIpc) is 2.66. The first-order valence-electron chi connectivity index (χ1n) is 9.53. The predicted molar refractivity (Wildman–Crippen MR) is 104 cm³/mol. The van der Waals surface area contributed by atoms with Crippen LogP contribution in [0.25, 0.3) is 6.08 Å². The molecule has 0 amide bonds. The number of unbranched alkanes of at least 4 members (excludes halogenated alkanes) is 2. The van der Waals surface area contributed by atoms with Gasteiger partial charge in [0.2, 0.25) is 0 Å². The van der Waals surface area contributed by atoms with E-state index in [-0.39, 0.29) is 0 Å². The Hall–Kier alpha value is -2.07. The molecule has 0 unspecified atom stereocenters. The van der Waals surface area contributed by atoms with Crippen molar-refractivity contribution in [1.29, 1.82) is 0 Å². The van der Waals surface area contributed by atoms with Crippen LogP contribution in [0.4, 0.5) is 0 Å². The zero-order valence-corrected chi connectivity index (χ0v) is 15.4. The fraction of sp³-hybridized carbons (Fsp3) is 0.500. The van der Waals surface area contributed by atoms with Crippen LogP contribution in [-0.2, 0) is 9.53 Å². The normalized spacial score (nSPS) is 20.2. The lowest BCUT2D eigenvalue weighted by atomic mass is 9.88. The SMILES string of the molecule is C=CCCCCOC1CCC(COc2ccc(/C=C/C(=O)O)cc2)CC1. The number of allylic oxidation sites excluding steroid dienone is 1. The summed E-state index contributed by atoms with van der Waals surface area (Å²) in [5.74, 6) is 0.474. The molecule has 4 nitrogen and oxygen atoms in total. The molecular formula is C22H30O4. The average molecular weight is 358 g/mol. The molecule has 0 radical (unpaired) electrons. The van der Waals surface area contributed by atoms with Gasteiger partial charge in [0.15, 0.2) is 0 Å². The number of ether oxygens (including phenoxy) is 2. The quantitative estimate of drug-likeness (QED) is 0.340. The van der Waals surface area contributed by atoms with Crippen LogP contribution in [0.2, 0.25) is 0 Å². The van der Waals surface area contributed by atoms with Crippen LogP contribution in [0.3, 0.4) is 0 Å². The molecular weight excluding hydrogens is 328 g/mol. The van der Waals surface area contributed by atoms with Crippen molar-refractivity contribution >= 4 is 12.0 Å². The first kappa shape index (κ1) is 20.2. The highest BCUT2D eigenvalue weighted by atomic mass is 16.5. The minimum absolute atomic E-state index is 0.412. The number of hydrogen-bond donors (Lipinski definition) is 1. The van der Waals surface area contributed by atoms with Crippen molar-refractivity contribution in [2.45, 2.75) is 51.0 Å². The van der Waals surface area contributed by atoms with E-state index in [1.54, 1.807) is 6.08 Å². The number of hydrogen-bond acceptors (Lipinski definition) is 3. The topological polar surface area (TPSA) is 55.8 Å².